The molecule has 0 bridgehead atoms. The molecule has 1 aromatic heterocycles. The lowest BCUT2D eigenvalue weighted by Gasteiger charge is -2.08. The molecule has 0 radical (unpaired) electrons. The average Bonchev–Trinajstić information content (AvgIpc) is 3.14. The molecule has 0 saturated carbocycles. The second kappa shape index (κ2) is 6.74. The fraction of sp³-hybridized carbons (Fsp3) is 0.0588. The number of esters is 1. The SMILES string of the molecule is NC(=O)c1ccccc1COC(=O)c1cccc(-c2nnco2)c1. The van der Waals surface area contributed by atoms with Gasteiger partial charge in [0.2, 0.25) is 18.2 Å². The van der Waals surface area contributed by atoms with Crippen LogP contribution in [0, 0.1) is 0 Å². The molecule has 24 heavy (non-hydrogen) atoms. The summed E-state index contributed by atoms with van der Waals surface area (Å²) in [5.41, 5.74) is 7.12. The number of hydrogen-bond donors (Lipinski definition) is 1. The highest BCUT2D eigenvalue weighted by Gasteiger charge is 2.13. The van der Waals surface area contributed by atoms with Crippen molar-refractivity contribution < 1.29 is 18.7 Å². The Hall–Kier alpha value is -3.48. The Labute approximate surface area is 137 Å². The minimum absolute atomic E-state index is 0.0528. The van der Waals surface area contributed by atoms with Gasteiger partial charge in [-0.3, -0.25) is 4.79 Å². The van der Waals surface area contributed by atoms with E-state index in [1.54, 1.807) is 48.5 Å². The second-order valence-electron chi connectivity index (χ2n) is 4.92. The number of benzene rings is 2. The van der Waals surface area contributed by atoms with Crippen LogP contribution in [0.3, 0.4) is 0 Å². The van der Waals surface area contributed by atoms with Gasteiger partial charge in [-0.05, 0) is 24.3 Å². The van der Waals surface area contributed by atoms with Gasteiger partial charge in [-0.25, -0.2) is 4.79 Å². The van der Waals surface area contributed by atoms with Gasteiger partial charge in [0, 0.05) is 16.7 Å². The summed E-state index contributed by atoms with van der Waals surface area (Å²) in [6.07, 6.45) is 1.21. The maximum atomic E-state index is 12.2. The van der Waals surface area contributed by atoms with E-state index >= 15 is 0 Å². The molecule has 2 aromatic carbocycles. The summed E-state index contributed by atoms with van der Waals surface area (Å²) < 4.78 is 10.4. The van der Waals surface area contributed by atoms with Crippen molar-refractivity contribution in [2.45, 2.75) is 6.61 Å². The number of carbonyl (C=O) groups is 2. The predicted octanol–water partition coefficient (Wildman–Crippen LogP) is 2.19. The Balaban J connectivity index is 1.74. The molecule has 120 valence electrons. The van der Waals surface area contributed by atoms with Gasteiger partial charge in [-0.1, -0.05) is 24.3 Å². The van der Waals surface area contributed by atoms with Crippen LogP contribution in [0.1, 0.15) is 26.3 Å². The number of hydrogen-bond acceptors (Lipinski definition) is 6. The number of amides is 1. The molecule has 2 N–H and O–H groups in total. The van der Waals surface area contributed by atoms with E-state index in [-0.39, 0.29) is 6.61 Å². The fourth-order valence-corrected chi connectivity index (χ4v) is 2.19. The van der Waals surface area contributed by atoms with Crippen LogP contribution < -0.4 is 5.73 Å². The van der Waals surface area contributed by atoms with E-state index in [1.807, 2.05) is 0 Å². The van der Waals surface area contributed by atoms with Crippen LogP contribution in [0.2, 0.25) is 0 Å². The van der Waals surface area contributed by atoms with Gasteiger partial charge in [-0.15, -0.1) is 10.2 Å². The quantitative estimate of drug-likeness (QED) is 0.721. The maximum Gasteiger partial charge on any atom is 0.338 e. The molecule has 1 amide bonds. The predicted molar refractivity (Wildman–Crippen MR) is 83.8 cm³/mol. The van der Waals surface area contributed by atoms with Crippen LogP contribution in [0.25, 0.3) is 11.5 Å². The molecule has 0 aliphatic carbocycles. The standard InChI is InChI=1S/C17H13N3O4/c18-15(21)14-7-2-1-4-13(14)9-23-17(22)12-6-3-5-11(8-12)16-20-19-10-24-16/h1-8,10H,9H2,(H2,18,21). The molecule has 1 heterocycles. The van der Waals surface area contributed by atoms with Crippen molar-refractivity contribution in [3.63, 3.8) is 0 Å². The third-order valence-electron chi connectivity index (χ3n) is 3.35. The molecule has 0 saturated heterocycles. The summed E-state index contributed by atoms with van der Waals surface area (Å²) in [7, 11) is 0. The van der Waals surface area contributed by atoms with Crippen LogP contribution in [-0.2, 0) is 11.3 Å². The number of rotatable bonds is 5. The van der Waals surface area contributed by atoms with Crippen LogP contribution in [-0.4, -0.2) is 22.1 Å². The highest BCUT2D eigenvalue weighted by atomic mass is 16.5. The number of nitrogens with zero attached hydrogens (tertiary/aromatic N) is 2. The average molecular weight is 323 g/mol. The zero-order valence-electron chi connectivity index (χ0n) is 12.5. The molecule has 0 unspecified atom stereocenters. The van der Waals surface area contributed by atoms with E-state index in [2.05, 4.69) is 10.2 Å². The zero-order chi connectivity index (χ0) is 16.9. The number of nitrogens with two attached hydrogens (primary N) is 1. The Bertz CT molecular complexity index is 875. The summed E-state index contributed by atoms with van der Waals surface area (Å²) >= 11 is 0. The summed E-state index contributed by atoms with van der Waals surface area (Å²) in [6.45, 7) is -0.0528. The monoisotopic (exact) mass is 323 g/mol. The fourth-order valence-electron chi connectivity index (χ4n) is 2.19. The minimum atomic E-state index is -0.569. The van der Waals surface area contributed by atoms with Crippen molar-refractivity contribution in [1.29, 1.82) is 0 Å². The smallest absolute Gasteiger partial charge is 0.338 e. The summed E-state index contributed by atoms with van der Waals surface area (Å²) in [4.78, 5) is 23.6. The largest absolute Gasteiger partial charge is 0.457 e. The number of carbonyl (C=O) groups excluding carboxylic acids is 2. The maximum absolute atomic E-state index is 12.2. The Kier molecular flexibility index (Phi) is 4.33. The first kappa shape index (κ1) is 15.4. The minimum Gasteiger partial charge on any atom is -0.457 e. The Morgan fingerprint density at radius 3 is 2.71 bits per heavy atom. The number of primary amides is 1. The molecule has 0 aliphatic rings. The van der Waals surface area contributed by atoms with Crippen LogP contribution in [0.15, 0.2) is 59.3 Å². The van der Waals surface area contributed by atoms with Crippen molar-refractivity contribution in [2.75, 3.05) is 0 Å². The molecule has 7 heteroatoms. The van der Waals surface area contributed by atoms with Gasteiger partial charge >= 0.3 is 5.97 Å². The number of ether oxygens (including phenoxy) is 1. The molecule has 3 aromatic rings. The van der Waals surface area contributed by atoms with Gasteiger partial charge < -0.3 is 14.9 Å². The van der Waals surface area contributed by atoms with E-state index < -0.39 is 11.9 Å². The normalized spacial score (nSPS) is 10.3. The lowest BCUT2D eigenvalue weighted by molar-refractivity contribution is 0.0470. The van der Waals surface area contributed by atoms with Gasteiger partial charge in [0.1, 0.15) is 6.61 Å². The molecule has 0 spiro atoms. The van der Waals surface area contributed by atoms with Crippen LogP contribution >= 0.6 is 0 Å². The molecule has 3 rings (SSSR count). The highest BCUT2D eigenvalue weighted by Crippen LogP contribution is 2.18. The summed E-state index contributed by atoms with van der Waals surface area (Å²) in [5, 5.41) is 7.39. The van der Waals surface area contributed by atoms with Gasteiger partial charge in [-0.2, -0.15) is 0 Å². The van der Waals surface area contributed by atoms with E-state index in [1.165, 1.54) is 6.39 Å². The van der Waals surface area contributed by atoms with Crippen LogP contribution in [0.4, 0.5) is 0 Å². The van der Waals surface area contributed by atoms with Crippen molar-refractivity contribution in [2.24, 2.45) is 5.73 Å². The lowest BCUT2D eigenvalue weighted by atomic mass is 10.1. The Morgan fingerprint density at radius 2 is 1.96 bits per heavy atom. The Morgan fingerprint density at radius 1 is 1.12 bits per heavy atom. The molecular formula is C17H13N3O4. The summed E-state index contributed by atoms with van der Waals surface area (Å²) in [6, 6.07) is 13.3. The number of aromatic nitrogens is 2. The molecular weight excluding hydrogens is 310 g/mol. The van der Waals surface area contributed by atoms with Crippen molar-refractivity contribution >= 4 is 11.9 Å². The van der Waals surface area contributed by atoms with Gasteiger partial charge in [0.25, 0.3) is 0 Å². The van der Waals surface area contributed by atoms with Gasteiger partial charge in [0.15, 0.2) is 0 Å². The van der Waals surface area contributed by atoms with E-state index in [0.29, 0.717) is 28.1 Å². The molecule has 0 aliphatic heterocycles. The first-order valence-electron chi connectivity index (χ1n) is 7.06. The van der Waals surface area contributed by atoms with Crippen molar-refractivity contribution in [1.82, 2.24) is 10.2 Å². The third kappa shape index (κ3) is 3.30. The second-order valence-corrected chi connectivity index (χ2v) is 4.92. The third-order valence-corrected chi connectivity index (χ3v) is 3.35. The molecule has 0 fully saturated rings. The first-order chi connectivity index (χ1) is 11.6. The van der Waals surface area contributed by atoms with E-state index in [4.69, 9.17) is 14.9 Å². The van der Waals surface area contributed by atoms with Gasteiger partial charge in [0.05, 0.1) is 5.56 Å². The van der Waals surface area contributed by atoms with Crippen molar-refractivity contribution in [3.8, 4) is 11.5 Å². The molecule has 7 nitrogen and oxygen atoms in total. The zero-order valence-corrected chi connectivity index (χ0v) is 12.5. The van der Waals surface area contributed by atoms with Crippen molar-refractivity contribution in [3.05, 3.63) is 71.6 Å². The topological polar surface area (TPSA) is 108 Å². The molecule has 0 atom stereocenters. The van der Waals surface area contributed by atoms with E-state index in [9.17, 15) is 9.59 Å². The lowest BCUT2D eigenvalue weighted by Crippen LogP contribution is -2.15. The van der Waals surface area contributed by atoms with Crippen LogP contribution in [0.5, 0.6) is 0 Å². The highest BCUT2D eigenvalue weighted by molar-refractivity contribution is 5.94. The van der Waals surface area contributed by atoms with E-state index in [0.717, 1.165) is 0 Å². The first-order valence-corrected chi connectivity index (χ1v) is 7.06. The summed E-state index contributed by atoms with van der Waals surface area (Å²) in [5.74, 6) is -0.792.